The molecule has 2 aromatic rings. The number of likely N-dealkylation sites (N-methyl/N-ethyl adjacent to an activating group) is 1. The van der Waals surface area contributed by atoms with Crippen LogP contribution in [0.1, 0.15) is 41.0 Å². The molecule has 0 aliphatic carbocycles. The second-order valence-corrected chi connectivity index (χ2v) is 8.17. The van der Waals surface area contributed by atoms with Crippen LogP contribution in [-0.2, 0) is 12.2 Å². The third-order valence-corrected chi connectivity index (χ3v) is 5.34. The summed E-state index contributed by atoms with van der Waals surface area (Å²) in [4.78, 5) is 17.2. The van der Waals surface area contributed by atoms with Gasteiger partial charge in [-0.05, 0) is 50.2 Å². The summed E-state index contributed by atoms with van der Waals surface area (Å²) in [5.74, 6) is 2.11. The fourth-order valence-corrected chi connectivity index (χ4v) is 3.53. The molecule has 7 nitrogen and oxygen atoms in total. The second-order valence-electron chi connectivity index (χ2n) is 8.17. The van der Waals surface area contributed by atoms with Gasteiger partial charge >= 0.3 is 0 Å². The molecule has 0 bridgehead atoms. The Kier molecular flexibility index (Phi) is 6.88. The predicted molar refractivity (Wildman–Crippen MR) is 118 cm³/mol. The number of aromatic nitrogens is 2. The summed E-state index contributed by atoms with van der Waals surface area (Å²) in [5, 5.41) is 10.4. The molecule has 2 heterocycles. The first-order valence-electron chi connectivity index (χ1n) is 10.1. The summed E-state index contributed by atoms with van der Waals surface area (Å²) in [6, 6.07) is 6.76. The van der Waals surface area contributed by atoms with Crippen LogP contribution >= 0.6 is 0 Å². The average molecular weight is 426 g/mol. The maximum absolute atomic E-state index is 15.0. The maximum Gasteiger partial charge on any atom is 0.276 e. The van der Waals surface area contributed by atoms with Crippen LogP contribution in [-0.4, -0.2) is 66.2 Å². The van der Waals surface area contributed by atoms with Crippen LogP contribution in [0, 0.1) is 12.3 Å². The average Bonchev–Trinajstić information content (AvgIpc) is 2.75. The molecule has 1 amide bonds. The highest BCUT2D eigenvalue weighted by molar-refractivity contribution is 6.03. The molecule has 8 heteroatoms. The van der Waals surface area contributed by atoms with Crippen molar-refractivity contribution in [1.29, 1.82) is 0 Å². The zero-order valence-electron chi connectivity index (χ0n) is 18.4. The van der Waals surface area contributed by atoms with Crippen molar-refractivity contribution in [1.82, 2.24) is 20.0 Å². The van der Waals surface area contributed by atoms with Crippen molar-refractivity contribution in [2.45, 2.75) is 26.1 Å². The van der Waals surface area contributed by atoms with Gasteiger partial charge in [0.05, 0.1) is 12.7 Å². The van der Waals surface area contributed by atoms with Crippen molar-refractivity contribution in [2.75, 3.05) is 45.7 Å². The minimum atomic E-state index is -1.56. The number of ether oxygens (including phenoxy) is 1. The number of carbonyl (C=O) groups excluding carboxylic acids is 1. The molecule has 3 rings (SSSR count). The Balaban J connectivity index is 1.81. The van der Waals surface area contributed by atoms with Crippen LogP contribution in [0.25, 0.3) is 0 Å². The van der Waals surface area contributed by atoms with Crippen LogP contribution in [0.5, 0.6) is 5.88 Å². The first-order chi connectivity index (χ1) is 14.7. The van der Waals surface area contributed by atoms with Gasteiger partial charge in [0, 0.05) is 38.4 Å². The smallest absolute Gasteiger partial charge is 0.276 e. The molecule has 164 valence electrons. The summed E-state index contributed by atoms with van der Waals surface area (Å²) < 4.78 is 20.1. The number of piperazine rings is 1. The lowest BCUT2D eigenvalue weighted by Gasteiger charge is -2.33. The van der Waals surface area contributed by atoms with E-state index in [4.69, 9.17) is 11.2 Å². The Bertz CT molecular complexity index is 988. The Morgan fingerprint density at radius 1 is 1.26 bits per heavy atom. The number of anilines is 1. The van der Waals surface area contributed by atoms with E-state index in [2.05, 4.69) is 38.3 Å². The third kappa shape index (κ3) is 5.57. The number of benzene rings is 1. The van der Waals surface area contributed by atoms with E-state index in [9.17, 15) is 4.79 Å². The lowest BCUT2D eigenvalue weighted by Crippen LogP contribution is -2.44. The number of halogens is 1. The number of rotatable bonds is 6. The first kappa shape index (κ1) is 22.7. The van der Waals surface area contributed by atoms with E-state index in [0.717, 1.165) is 31.7 Å². The van der Waals surface area contributed by atoms with Gasteiger partial charge in [-0.15, -0.1) is 16.6 Å². The maximum atomic E-state index is 15.0. The number of methoxy groups -OCH3 is 1. The number of alkyl halides is 1. The van der Waals surface area contributed by atoms with E-state index in [0.29, 0.717) is 23.4 Å². The van der Waals surface area contributed by atoms with E-state index in [-0.39, 0.29) is 11.6 Å². The van der Waals surface area contributed by atoms with Crippen LogP contribution in [0.2, 0.25) is 0 Å². The summed E-state index contributed by atoms with van der Waals surface area (Å²) in [5.41, 5.74) is 0.766. The number of carbonyl (C=O) groups is 1. The van der Waals surface area contributed by atoms with Crippen LogP contribution in [0.4, 0.5) is 10.1 Å². The van der Waals surface area contributed by atoms with E-state index in [1.54, 1.807) is 12.1 Å². The molecule has 0 atom stereocenters. The second kappa shape index (κ2) is 9.41. The number of amides is 1. The summed E-state index contributed by atoms with van der Waals surface area (Å²) in [6.45, 7) is 7.57. The van der Waals surface area contributed by atoms with Crippen molar-refractivity contribution in [3.05, 3.63) is 46.6 Å². The molecule has 1 N–H and O–H groups in total. The summed E-state index contributed by atoms with van der Waals surface area (Å²) in [6.07, 6.45) is 5.44. The van der Waals surface area contributed by atoms with Gasteiger partial charge in [-0.1, -0.05) is 12.0 Å². The molecular weight excluding hydrogens is 397 g/mol. The Labute approximate surface area is 182 Å². The number of hydrogen-bond acceptors (Lipinski definition) is 6. The lowest BCUT2D eigenvalue weighted by molar-refractivity contribution is 0.102. The molecule has 1 aromatic heterocycles. The van der Waals surface area contributed by atoms with Crippen molar-refractivity contribution in [3.63, 3.8) is 0 Å². The molecule has 1 aromatic carbocycles. The number of nitrogens with zero attached hydrogens (tertiary/aromatic N) is 4. The van der Waals surface area contributed by atoms with E-state index in [1.165, 1.54) is 27.0 Å². The van der Waals surface area contributed by atoms with Gasteiger partial charge in [0.1, 0.15) is 5.67 Å². The molecular formula is C23H28FN5O2. The van der Waals surface area contributed by atoms with E-state index < -0.39 is 11.6 Å². The monoisotopic (exact) mass is 425 g/mol. The fraction of sp³-hybridized carbons (Fsp3) is 0.435. The highest BCUT2D eigenvalue weighted by Crippen LogP contribution is 2.31. The number of nitrogens with one attached hydrogen (secondary N) is 1. The quantitative estimate of drug-likeness (QED) is 0.718. The molecule has 31 heavy (non-hydrogen) atoms. The highest BCUT2D eigenvalue weighted by Gasteiger charge is 2.25. The fourth-order valence-electron chi connectivity index (χ4n) is 3.53. The van der Waals surface area contributed by atoms with Gasteiger partial charge < -0.3 is 15.0 Å². The molecule has 0 spiro atoms. The Morgan fingerprint density at radius 2 is 1.97 bits per heavy atom. The topological polar surface area (TPSA) is 70.6 Å². The van der Waals surface area contributed by atoms with E-state index in [1.807, 2.05) is 6.07 Å². The van der Waals surface area contributed by atoms with Crippen molar-refractivity contribution in [2.24, 2.45) is 0 Å². The van der Waals surface area contributed by atoms with Crippen LogP contribution in [0.3, 0.4) is 0 Å². The Hall–Kier alpha value is -3.02. The third-order valence-electron chi connectivity index (χ3n) is 5.34. The van der Waals surface area contributed by atoms with Crippen molar-refractivity contribution < 1.29 is 13.9 Å². The van der Waals surface area contributed by atoms with Crippen LogP contribution in [0.15, 0.2) is 24.3 Å². The van der Waals surface area contributed by atoms with Gasteiger partial charge in [-0.2, -0.15) is 0 Å². The molecule has 0 saturated carbocycles. The molecule has 0 radical (unpaired) electrons. The normalized spacial score (nSPS) is 15.4. The van der Waals surface area contributed by atoms with Crippen LogP contribution < -0.4 is 10.1 Å². The van der Waals surface area contributed by atoms with Gasteiger partial charge in [0.2, 0.25) is 5.88 Å². The van der Waals surface area contributed by atoms with E-state index >= 15 is 4.39 Å². The standard InChI is InChI=1S/C23H28FN5O2/c1-6-16-13-20(26-27-22(16)31-5)21(30)25-18-8-7-17(19(14-18)23(2,3)24)15-29-11-9-28(4)10-12-29/h1,7-8,13-14H,9-12,15H2,2-5H3,(H,25,30). The highest BCUT2D eigenvalue weighted by atomic mass is 19.1. The number of hydrogen-bond donors (Lipinski definition) is 1. The molecule has 1 fully saturated rings. The van der Waals surface area contributed by atoms with Gasteiger partial charge in [0.15, 0.2) is 5.69 Å². The predicted octanol–water partition coefficient (Wildman–Crippen LogP) is 2.67. The number of terminal acetylenes is 1. The van der Waals surface area contributed by atoms with Crippen molar-refractivity contribution >= 4 is 11.6 Å². The van der Waals surface area contributed by atoms with Gasteiger partial charge in [-0.25, -0.2) is 4.39 Å². The molecule has 1 aliphatic heterocycles. The zero-order valence-corrected chi connectivity index (χ0v) is 18.4. The van der Waals surface area contributed by atoms with Crippen molar-refractivity contribution in [3.8, 4) is 18.2 Å². The van der Waals surface area contributed by atoms with Gasteiger partial charge in [0.25, 0.3) is 5.91 Å². The minimum absolute atomic E-state index is 0.0521. The first-order valence-corrected chi connectivity index (χ1v) is 10.1. The minimum Gasteiger partial charge on any atom is -0.479 e. The largest absolute Gasteiger partial charge is 0.479 e. The molecule has 1 aliphatic rings. The summed E-state index contributed by atoms with van der Waals surface area (Å²) >= 11 is 0. The Morgan fingerprint density at radius 3 is 2.58 bits per heavy atom. The lowest BCUT2D eigenvalue weighted by atomic mass is 9.93. The zero-order chi connectivity index (χ0) is 22.6. The van der Waals surface area contributed by atoms with Gasteiger partial charge in [-0.3, -0.25) is 9.69 Å². The molecule has 0 unspecified atom stereocenters. The SMILES string of the molecule is C#Cc1cc(C(=O)Nc2ccc(CN3CCN(C)CC3)c(C(C)(C)F)c2)nnc1OC. The molecule has 1 saturated heterocycles. The summed E-state index contributed by atoms with van der Waals surface area (Å²) in [7, 11) is 3.53.